The van der Waals surface area contributed by atoms with Crippen molar-refractivity contribution in [3.8, 4) is 0 Å². The highest BCUT2D eigenvalue weighted by atomic mass is 35.5. The second kappa shape index (κ2) is 7.44. The minimum absolute atomic E-state index is 0.139. The Kier molecular flexibility index (Phi) is 5.27. The number of nitrogens with one attached hydrogen (secondary N) is 2. The molecule has 2 saturated carbocycles. The van der Waals surface area contributed by atoms with Crippen LogP contribution in [-0.2, 0) is 9.59 Å². The van der Waals surface area contributed by atoms with Crippen molar-refractivity contribution in [1.82, 2.24) is 5.32 Å². The lowest BCUT2D eigenvalue weighted by Gasteiger charge is -2.25. The zero-order chi connectivity index (χ0) is 18.0. The molecule has 7 heteroatoms. The number of aliphatic carboxylic acids is 1. The number of amides is 2. The topological polar surface area (TPSA) is 95.5 Å². The summed E-state index contributed by atoms with van der Waals surface area (Å²) in [6.07, 6.45) is 4.13. The Morgan fingerprint density at radius 1 is 1.00 bits per heavy atom. The van der Waals surface area contributed by atoms with E-state index in [2.05, 4.69) is 10.6 Å². The Morgan fingerprint density at radius 2 is 1.64 bits per heavy atom. The molecule has 1 aromatic carbocycles. The SMILES string of the molecule is O=C(NC1CC1)c1cc(NC(=O)C2CCC(C(=O)O)CC2)ccc1Cl. The van der Waals surface area contributed by atoms with Gasteiger partial charge in [0.15, 0.2) is 0 Å². The summed E-state index contributed by atoms with van der Waals surface area (Å²) in [5.74, 6) is -1.71. The van der Waals surface area contributed by atoms with Gasteiger partial charge >= 0.3 is 5.97 Å². The van der Waals surface area contributed by atoms with Crippen molar-refractivity contribution in [1.29, 1.82) is 0 Å². The van der Waals surface area contributed by atoms with Crippen LogP contribution in [0.1, 0.15) is 48.9 Å². The summed E-state index contributed by atoms with van der Waals surface area (Å²) < 4.78 is 0. The van der Waals surface area contributed by atoms with Gasteiger partial charge in [0.05, 0.1) is 16.5 Å². The summed E-state index contributed by atoms with van der Waals surface area (Å²) in [5.41, 5.74) is 0.872. The van der Waals surface area contributed by atoms with Crippen LogP contribution < -0.4 is 10.6 Å². The summed E-state index contributed by atoms with van der Waals surface area (Å²) in [4.78, 5) is 35.6. The van der Waals surface area contributed by atoms with Crippen molar-refractivity contribution < 1.29 is 19.5 Å². The molecule has 2 fully saturated rings. The van der Waals surface area contributed by atoms with Crippen molar-refractivity contribution in [3.63, 3.8) is 0 Å². The Hall–Kier alpha value is -2.08. The van der Waals surface area contributed by atoms with E-state index in [4.69, 9.17) is 16.7 Å². The number of halogens is 1. The highest BCUT2D eigenvalue weighted by Crippen LogP contribution is 2.30. The second-order valence-electron chi connectivity index (χ2n) is 6.82. The number of carbonyl (C=O) groups excluding carboxylic acids is 2. The van der Waals surface area contributed by atoms with E-state index in [1.54, 1.807) is 18.2 Å². The molecule has 0 saturated heterocycles. The Labute approximate surface area is 150 Å². The van der Waals surface area contributed by atoms with E-state index in [1.807, 2.05) is 0 Å². The Morgan fingerprint density at radius 3 is 2.24 bits per heavy atom. The van der Waals surface area contributed by atoms with Crippen molar-refractivity contribution >= 4 is 35.1 Å². The molecule has 3 N–H and O–H groups in total. The van der Waals surface area contributed by atoms with Crippen LogP contribution in [0.15, 0.2) is 18.2 Å². The number of rotatable bonds is 5. The molecule has 134 valence electrons. The van der Waals surface area contributed by atoms with Crippen LogP contribution in [0, 0.1) is 11.8 Å². The quantitative estimate of drug-likeness (QED) is 0.748. The first-order valence-corrected chi connectivity index (χ1v) is 8.96. The standard InChI is InChI=1S/C18H21ClN2O4/c19-15-8-7-13(9-14(15)17(23)20-12-5-6-12)21-16(22)10-1-3-11(4-2-10)18(24)25/h7-12H,1-6H2,(H,20,23)(H,21,22)(H,24,25). The van der Waals surface area contributed by atoms with Crippen molar-refractivity contribution in [2.24, 2.45) is 11.8 Å². The van der Waals surface area contributed by atoms with E-state index in [1.165, 1.54) is 0 Å². The maximum absolute atomic E-state index is 12.4. The maximum atomic E-state index is 12.4. The van der Waals surface area contributed by atoms with Crippen LogP contribution >= 0.6 is 11.6 Å². The number of anilines is 1. The van der Waals surface area contributed by atoms with E-state index in [0.29, 0.717) is 42.0 Å². The molecule has 0 aromatic heterocycles. The first-order chi connectivity index (χ1) is 11.9. The molecular weight excluding hydrogens is 344 g/mol. The molecule has 2 aliphatic carbocycles. The van der Waals surface area contributed by atoms with E-state index in [0.717, 1.165) is 12.8 Å². The van der Waals surface area contributed by atoms with Crippen molar-refractivity contribution in [2.45, 2.75) is 44.6 Å². The first-order valence-electron chi connectivity index (χ1n) is 8.58. The van der Waals surface area contributed by atoms with E-state index in [-0.39, 0.29) is 29.7 Å². The van der Waals surface area contributed by atoms with Gasteiger partial charge in [-0.15, -0.1) is 0 Å². The molecular formula is C18H21ClN2O4. The van der Waals surface area contributed by atoms with Gasteiger partial charge in [-0.3, -0.25) is 14.4 Å². The molecule has 2 amide bonds. The monoisotopic (exact) mass is 364 g/mol. The van der Waals surface area contributed by atoms with Crippen LogP contribution in [0.3, 0.4) is 0 Å². The minimum Gasteiger partial charge on any atom is -0.481 e. The second-order valence-corrected chi connectivity index (χ2v) is 7.23. The molecule has 1 aromatic rings. The largest absolute Gasteiger partial charge is 0.481 e. The van der Waals surface area contributed by atoms with Gasteiger partial charge in [0.2, 0.25) is 5.91 Å². The number of carboxylic acids is 1. The fourth-order valence-electron chi connectivity index (χ4n) is 3.11. The predicted octanol–water partition coefficient (Wildman–Crippen LogP) is 3.06. The number of benzene rings is 1. The first kappa shape index (κ1) is 17.7. The highest BCUT2D eigenvalue weighted by Gasteiger charge is 2.30. The third-order valence-corrected chi connectivity index (χ3v) is 5.17. The average molecular weight is 365 g/mol. The van der Waals surface area contributed by atoms with Gasteiger partial charge < -0.3 is 15.7 Å². The average Bonchev–Trinajstić information content (AvgIpc) is 3.40. The van der Waals surface area contributed by atoms with Gasteiger partial charge in [-0.05, 0) is 56.7 Å². The van der Waals surface area contributed by atoms with E-state index >= 15 is 0 Å². The lowest BCUT2D eigenvalue weighted by Crippen LogP contribution is -2.30. The van der Waals surface area contributed by atoms with Gasteiger partial charge in [0.25, 0.3) is 5.91 Å². The maximum Gasteiger partial charge on any atom is 0.306 e. The highest BCUT2D eigenvalue weighted by molar-refractivity contribution is 6.34. The number of carbonyl (C=O) groups is 3. The molecule has 0 radical (unpaired) electrons. The summed E-state index contributed by atoms with van der Waals surface area (Å²) in [6, 6.07) is 5.07. The zero-order valence-corrected chi connectivity index (χ0v) is 14.5. The summed E-state index contributed by atoms with van der Waals surface area (Å²) in [6.45, 7) is 0. The van der Waals surface area contributed by atoms with E-state index in [9.17, 15) is 14.4 Å². The molecule has 0 unspecified atom stereocenters. The lowest BCUT2D eigenvalue weighted by atomic mass is 9.81. The fraction of sp³-hybridized carbons (Fsp3) is 0.500. The molecule has 3 rings (SSSR count). The van der Waals surface area contributed by atoms with Crippen molar-refractivity contribution in [3.05, 3.63) is 28.8 Å². The third-order valence-electron chi connectivity index (χ3n) is 4.84. The normalized spacial score (nSPS) is 22.9. The molecule has 0 bridgehead atoms. The van der Waals surface area contributed by atoms with Gasteiger partial charge in [0, 0.05) is 17.6 Å². The van der Waals surface area contributed by atoms with Crippen LogP contribution in [0.2, 0.25) is 5.02 Å². The van der Waals surface area contributed by atoms with Crippen LogP contribution in [0.25, 0.3) is 0 Å². The molecule has 0 aliphatic heterocycles. The molecule has 2 aliphatic rings. The third kappa shape index (κ3) is 4.51. The van der Waals surface area contributed by atoms with Gasteiger partial charge in [0.1, 0.15) is 0 Å². The number of hydrogen-bond acceptors (Lipinski definition) is 3. The fourth-order valence-corrected chi connectivity index (χ4v) is 3.32. The van der Waals surface area contributed by atoms with Crippen molar-refractivity contribution in [2.75, 3.05) is 5.32 Å². The molecule has 6 nitrogen and oxygen atoms in total. The molecule has 0 heterocycles. The summed E-state index contributed by atoms with van der Waals surface area (Å²) in [5, 5.41) is 15.1. The molecule has 0 spiro atoms. The number of carboxylic acid groups (broad SMARTS) is 1. The van der Waals surface area contributed by atoms with Gasteiger partial charge in [-0.2, -0.15) is 0 Å². The summed E-state index contributed by atoms with van der Waals surface area (Å²) in [7, 11) is 0. The van der Waals surface area contributed by atoms with Crippen LogP contribution in [0.4, 0.5) is 5.69 Å². The predicted molar refractivity (Wildman–Crippen MR) is 93.7 cm³/mol. The van der Waals surface area contributed by atoms with Crippen LogP contribution in [0.5, 0.6) is 0 Å². The Balaban J connectivity index is 1.61. The minimum atomic E-state index is -0.789. The lowest BCUT2D eigenvalue weighted by molar-refractivity contribution is -0.143. The molecule has 0 atom stereocenters. The van der Waals surface area contributed by atoms with Gasteiger partial charge in [-0.25, -0.2) is 0 Å². The van der Waals surface area contributed by atoms with Crippen LogP contribution in [-0.4, -0.2) is 28.9 Å². The Bertz CT molecular complexity index is 694. The zero-order valence-electron chi connectivity index (χ0n) is 13.8. The van der Waals surface area contributed by atoms with E-state index < -0.39 is 5.97 Å². The van der Waals surface area contributed by atoms with Gasteiger partial charge in [-0.1, -0.05) is 11.6 Å². The number of hydrogen-bond donors (Lipinski definition) is 3. The molecule has 25 heavy (non-hydrogen) atoms. The smallest absolute Gasteiger partial charge is 0.306 e. The summed E-state index contributed by atoms with van der Waals surface area (Å²) >= 11 is 6.10.